The third-order valence-electron chi connectivity index (χ3n) is 3.61. The summed E-state index contributed by atoms with van der Waals surface area (Å²) in [5.41, 5.74) is 7.89. The van der Waals surface area contributed by atoms with E-state index in [0.717, 1.165) is 0 Å². The Morgan fingerprint density at radius 2 is 1.87 bits per heavy atom. The van der Waals surface area contributed by atoms with Crippen molar-refractivity contribution in [1.29, 1.82) is 0 Å². The number of benzene rings is 1. The normalized spacial score (nSPS) is 18.9. The van der Waals surface area contributed by atoms with Crippen molar-refractivity contribution in [2.24, 2.45) is 5.73 Å². The van der Waals surface area contributed by atoms with Crippen LogP contribution in [0.15, 0.2) is 29.2 Å². The molecule has 0 spiro atoms. The number of thioether (sulfide) groups is 1. The fourth-order valence-electron chi connectivity index (χ4n) is 2.43. The van der Waals surface area contributed by atoms with Crippen molar-refractivity contribution >= 4 is 11.8 Å². The molecule has 0 amide bonds. The molecule has 1 aliphatic rings. The van der Waals surface area contributed by atoms with Crippen molar-refractivity contribution in [1.82, 2.24) is 0 Å². The van der Waals surface area contributed by atoms with E-state index in [1.807, 2.05) is 11.8 Å². The molecule has 0 bridgehead atoms. The van der Waals surface area contributed by atoms with Crippen LogP contribution in [0.5, 0.6) is 0 Å². The van der Waals surface area contributed by atoms with Gasteiger partial charge in [-0.2, -0.15) is 0 Å². The molecule has 1 aromatic rings. The van der Waals surface area contributed by atoms with E-state index >= 15 is 0 Å². The minimum absolute atomic E-state index is 0.112. The zero-order valence-corrected chi connectivity index (χ0v) is 10.5. The molecule has 0 aromatic heterocycles. The second-order valence-electron chi connectivity index (χ2n) is 5.00. The summed E-state index contributed by atoms with van der Waals surface area (Å²) >= 11 is 1.82. The number of nitrogens with two attached hydrogens (primary N) is 1. The van der Waals surface area contributed by atoms with E-state index in [1.165, 1.54) is 23.3 Å². The first kappa shape index (κ1) is 11.0. The van der Waals surface area contributed by atoms with E-state index in [0.29, 0.717) is 0 Å². The van der Waals surface area contributed by atoms with E-state index in [4.69, 9.17) is 5.73 Å². The number of hydrogen-bond donors (Lipinski definition) is 1. The van der Waals surface area contributed by atoms with Gasteiger partial charge in [0.25, 0.3) is 0 Å². The second-order valence-corrected chi connectivity index (χ2v) is 5.85. The third-order valence-corrected chi connectivity index (χ3v) is 4.40. The molecule has 15 heavy (non-hydrogen) atoms. The van der Waals surface area contributed by atoms with Gasteiger partial charge in [0.1, 0.15) is 0 Å². The highest BCUT2D eigenvalue weighted by atomic mass is 32.2. The van der Waals surface area contributed by atoms with Gasteiger partial charge < -0.3 is 5.73 Å². The van der Waals surface area contributed by atoms with E-state index < -0.39 is 0 Å². The van der Waals surface area contributed by atoms with Crippen LogP contribution < -0.4 is 5.73 Å². The summed E-state index contributed by atoms with van der Waals surface area (Å²) in [7, 11) is 0. The Morgan fingerprint density at radius 1 is 1.27 bits per heavy atom. The van der Waals surface area contributed by atoms with Gasteiger partial charge in [0.15, 0.2) is 0 Å². The summed E-state index contributed by atoms with van der Waals surface area (Å²) in [6, 6.07) is 8.68. The molecule has 1 fully saturated rings. The minimum atomic E-state index is -0.112. The first-order chi connectivity index (χ1) is 7.01. The van der Waals surface area contributed by atoms with Crippen molar-refractivity contribution in [3.05, 3.63) is 29.8 Å². The Hall–Kier alpha value is -0.470. The Bertz CT molecular complexity index is 361. The first-order valence-corrected chi connectivity index (χ1v) is 6.66. The lowest BCUT2D eigenvalue weighted by molar-refractivity contribution is 0.387. The number of hydrogen-bond acceptors (Lipinski definition) is 2. The molecule has 2 rings (SSSR count). The van der Waals surface area contributed by atoms with Crippen LogP contribution in [0, 0.1) is 0 Å². The predicted molar refractivity (Wildman–Crippen MR) is 67.4 cm³/mol. The van der Waals surface area contributed by atoms with Crippen molar-refractivity contribution in [2.45, 2.75) is 42.5 Å². The van der Waals surface area contributed by atoms with Crippen molar-refractivity contribution in [3.63, 3.8) is 0 Å². The van der Waals surface area contributed by atoms with Crippen molar-refractivity contribution in [3.8, 4) is 0 Å². The van der Waals surface area contributed by atoms with Crippen molar-refractivity contribution < 1.29 is 0 Å². The third kappa shape index (κ3) is 1.70. The van der Waals surface area contributed by atoms with E-state index in [2.05, 4.69) is 44.4 Å². The van der Waals surface area contributed by atoms with Crippen LogP contribution in [0.4, 0.5) is 0 Å². The molecular formula is C13H19NS. The lowest BCUT2D eigenvalue weighted by atomic mass is 9.79. The predicted octanol–water partition coefficient (Wildman–Crippen LogP) is 3.18. The smallest absolute Gasteiger partial charge is 0.0195 e. The van der Waals surface area contributed by atoms with Gasteiger partial charge in [0, 0.05) is 15.8 Å². The van der Waals surface area contributed by atoms with Crippen LogP contribution in [0.2, 0.25) is 0 Å². The quantitative estimate of drug-likeness (QED) is 0.793. The summed E-state index contributed by atoms with van der Waals surface area (Å²) in [5, 5.41) is 0. The monoisotopic (exact) mass is 221 g/mol. The average molecular weight is 221 g/mol. The summed E-state index contributed by atoms with van der Waals surface area (Å²) in [4.78, 5) is 1.38. The summed E-state index contributed by atoms with van der Waals surface area (Å²) in [6.45, 7) is 4.30. The van der Waals surface area contributed by atoms with Gasteiger partial charge in [-0.1, -0.05) is 18.2 Å². The van der Waals surface area contributed by atoms with Crippen LogP contribution in [-0.4, -0.2) is 11.8 Å². The lowest BCUT2D eigenvalue weighted by Gasteiger charge is -2.32. The van der Waals surface area contributed by atoms with Gasteiger partial charge in [0.2, 0.25) is 0 Å². The van der Waals surface area contributed by atoms with Crippen LogP contribution in [0.3, 0.4) is 0 Å². The van der Waals surface area contributed by atoms with Crippen molar-refractivity contribution in [2.75, 3.05) is 6.26 Å². The van der Waals surface area contributed by atoms with E-state index in [-0.39, 0.29) is 11.0 Å². The topological polar surface area (TPSA) is 26.0 Å². The largest absolute Gasteiger partial charge is 0.325 e. The molecule has 0 radical (unpaired) electrons. The highest BCUT2D eigenvalue weighted by Crippen LogP contribution is 2.56. The Morgan fingerprint density at radius 3 is 2.33 bits per heavy atom. The highest BCUT2D eigenvalue weighted by molar-refractivity contribution is 7.98. The molecule has 1 nitrogen and oxygen atoms in total. The lowest BCUT2D eigenvalue weighted by Crippen LogP contribution is -2.45. The molecule has 0 atom stereocenters. The first-order valence-electron chi connectivity index (χ1n) is 5.44. The Labute approximate surface area is 96.4 Å². The van der Waals surface area contributed by atoms with Gasteiger partial charge in [-0.15, -0.1) is 11.8 Å². The SMILES string of the molecule is CSc1ccccc1C1(C(C)(C)N)CC1. The molecule has 1 saturated carbocycles. The molecule has 1 aliphatic carbocycles. The highest BCUT2D eigenvalue weighted by Gasteiger charge is 2.54. The summed E-state index contributed by atoms with van der Waals surface area (Å²) in [5.74, 6) is 0. The molecule has 2 N–H and O–H groups in total. The maximum atomic E-state index is 6.32. The van der Waals surface area contributed by atoms with E-state index in [1.54, 1.807) is 0 Å². The molecular weight excluding hydrogens is 202 g/mol. The Kier molecular flexibility index (Phi) is 2.60. The van der Waals surface area contributed by atoms with Gasteiger partial charge in [-0.05, 0) is 44.6 Å². The fourth-order valence-corrected chi connectivity index (χ4v) is 3.12. The van der Waals surface area contributed by atoms with Crippen LogP contribution in [-0.2, 0) is 5.41 Å². The standard InChI is InChI=1S/C13H19NS/c1-12(2,14)13(8-9-13)10-6-4-5-7-11(10)15-3/h4-7H,8-9,14H2,1-3H3. The molecule has 82 valence electrons. The summed E-state index contributed by atoms with van der Waals surface area (Å²) < 4.78 is 0. The summed E-state index contributed by atoms with van der Waals surface area (Å²) in [6.07, 6.45) is 4.60. The number of rotatable bonds is 3. The molecule has 1 aromatic carbocycles. The van der Waals surface area contributed by atoms with Crippen LogP contribution >= 0.6 is 11.8 Å². The van der Waals surface area contributed by atoms with Gasteiger partial charge >= 0.3 is 0 Å². The molecule has 0 aliphatic heterocycles. The maximum Gasteiger partial charge on any atom is 0.0195 e. The molecule has 0 heterocycles. The zero-order chi connectivity index (χ0) is 11.1. The second kappa shape index (κ2) is 3.53. The van der Waals surface area contributed by atoms with Gasteiger partial charge in [-0.25, -0.2) is 0 Å². The molecule has 0 unspecified atom stereocenters. The Balaban J connectivity index is 2.46. The average Bonchev–Trinajstić information content (AvgIpc) is 2.97. The van der Waals surface area contributed by atoms with E-state index in [9.17, 15) is 0 Å². The van der Waals surface area contributed by atoms with Gasteiger partial charge in [0.05, 0.1) is 0 Å². The van der Waals surface area contributed by atoms with Gasteiger partial charge in [-0.3, -0.25) is 0 Å². The molecule has 0 saturated heterocycles. The fraction of sp³-hybridized carbons (Fsp3) is 0.538. The maximum absolute atomic E-state index is 6.32. The van der Waals surface area contributed by atoms with Crippen LogP contribution in [0.1, 0.15) is 32.3 Å². The minimum Gasteiger partial charge on any atom is -0.325 e. The van der Waals surface area contributed by atoms with Crippen LogP contribution in [0.25, 0.3) is 0 Å². The molecule has 2 heteroatoms. The zero-order valence-electron chi connectivity index (χ0n) is 9.71.